The molecule has 0 N–H and O–H groups in total. The van der Waals surface area contributed by atoms with Gasteiger partial charge in [-0.15, -0.1) is 0 Å². The average Bonchev–Trinajstić information content (AvgIpc) is 3.63. The van der Waals surface area contributed by atoms with Crippen LogP contribution in [-0.2, 0) is 10.8 Å². The normalized spacial score (nSPS) is 13.9. The quantitative estimate of drug-likeness (QED) is 0.159. The Morgan fingerprint density at radius 3 is 1.38 bits per heavy atom. The first kappa shape index (κ1) is 43.4. The van der Waals surface area contributed by atoms with E-state index >= 15 is 0 Å². The molecule has 1 spiro atoms. The molecule has 0 amide bonds. The molecule has 0 saturated carbocycles. The zero-order valence-corrected chi connectivity index (χ0v) is 41.9. The van der Waals surface area contributed by atoms with Crippen molar-refractivity contribution in [1.29, 1.82) is 0 Å². The first-order chi connectivity index (χ1) is 38.2. The lowest BCUT2D eigenvalue weighted by Crippen LogP contribution is -2.28. The highest BCUT2D eigenvalue weighted by Crippen LogP contribution is 2.67. The second-order valence-corrected chi connectivity index (χ2v) is 20.6. The summed E-state index contributed by atoms with van der Waals surface area (Å²) >= 11 is 0. The van der Waals surface area contributed by atoms with Crippen molar-refractivity contribution in [3.8, 4) is 78.6 Å². The predicted molar refractivity (Wildman–Crippen MR) is 312 cm³/mol. The maximum atomic E-state index is 7.39. The Morgan fingerprint density at radius 1 is 0.260 bits per heavy atom. The van der Waals surface area contributed by atoms with Crippen LogP contribution >= 0.6 is 0 Å². The molecule has 16 rings (SSSR count). The lowest BCUT2D eigenvalue weighted by molar-refractivity contribution is 0.361. The summed E-state index contributed by atoms with van der Waals surface area (Å²) in [6, 6.07) is 104. The van der Waals surface area contributed by atoms with Gasteiger partial charge in [0.05, 0.1) is 16.5 Å². The molecule has 3 nitrogen and oxygen atoms in total. The SMILES string of the molecule is c1ccc(-c2cccc(N(c3ccc4c(c3)C(c3ccccc3)(c3ccccc3)c3cc(-c5ccccc5)ccc3-4)c3cccc4c3Oc3ccc5c(c3O4)-c3ccccc3C53c4ccccc4-c4ccccc43)c2)cc1. The second kappa shape index (κ2) is 16.8. The van der Waals surface area contributed by atoms with Crippen LogP contribution in [0.25, 0.3) is 55.6 Å². The summed E-state index contributed by atoms with van der Waals surface area (Å²) in [6.45, 7) is 0. The highest BCUT2D eigenvalue weighted by atomic mass is 16.6. The average molecular weight is 982 g/mol. The molecule has 0 radical (unpaired) electrons. The summed E-state index contributed by atoms with van der Waals surface area (Å²) in [6.07, 6.45) is 0. The molecule has 1 heterocycles. The van der Waals surface area contributed by atoms with Crippen molar-refractivity contribution in [2.75, 3.05) is 4.90 Å². The van der Waals surface area contributed by atoms with E-state index in [1.807, 2.05) is 0 Å². The topological polar surface area (TPSA) is 21.7 Å². The standard InChI is InChI=1S/C74H47NO2/c1-5-21-48(22-6-1)50-25-19-30-54(45-50)75(55-40-42-59-58-41-39-51(49-23-7-2-8-24-49)46-65(58)73(66(59)47-55,52-26-9-3-10-27-52)53-28-11-4-12-29-53)67-37-20-38-68-71(67)76-69-44-43-64-70(72(69)77-68)60-33-15-18-36-63(60)74(64)61-34-16-13-31-56(61)57-32-14-17-35-62(57)74/h1-47H. The van der Waals surface area contributed by atoms with Crippen LogP contribution in [0, 0.1) is 0 Å². The number of ether oxygens (including phenoxy) is 2. The van der Waals surface area contributed by atoms with E-state index < -0.39 is 10.8 Å². The van der Waals surface area contributed by atoms with E-state index in [1.165, 1.54) is 77.9 Å². The van der Waals surface area contributed by atoms with Crippen LogP contribution in [-0.4, -0.2) is 0 Å². The molecule has 12 aromatic carbocycles. The smallest absolute Gasteiger partial charge is 0.194 e. The van der Waals surface area contributed by atoms with Crippen LogP contribution in [0.1, 0.15) is 44.5 Å². The minimum absolute atomic E-state index is 0.509. The second-order valence-electron chi connectivity index (χ2n) is 20.6. The van der Waals surface area contributed by atoms with Crippen molar-refractivity contribution >= 4 is 17.1 Å². The lowest BCUT2D eigenvalue weighted by Gasteiger charge is -2.35. The molecule has 3 heteroatoms. The van der Waals surface area contributed by atoms with E-state index in [-0.39, 0.29) is 0 Å². The van der Waals surface area contributed by atoms with E-state index in [2.05, 4.69) is 290 Å². The van der Waals surface area contributed by atoms with Crippen molar-refractivity contribution < 1.29 is 9.47 Å². The van der Waals surface area contributed by atoms with Crippen LogP contribution in [0.4, 0.5) is 17.1 Å². The Labute approximate surface area is 448 Å². The Hall–Kier alpha value is -9.96. The van der Waals surface area contributed by atoms with Gasteiger partial charge in [-0.1, -0.05) is 237 Å². The molecule has 0 fully saturated rings. The molecule has 12 aromatic rings. The number of rotatable bonds is 7. The molecule has 1 aliphatic heterocycles. The number of hydrogen-bond donors (Lipinski definition) is 0. The van der Waals surface area contributed by atoms with Gasteiger partial charge in [0.15, 0.2) is 23.0 Å². The first-order valence-corrected chi connectivity index (χ1v) is 26.6. The minimum Gasteiger partial charge on any atom is -0.449 e. The third-order valence-electron chi connectivity index (χ3n) is 16.8. The molecule has 0 atom stereocenters. The van der Waals surface area contributed by atoms with Crippen molar-refractivity contribution in [2.24, 2.45) is 0 Å². The van der Waals surface area contributed by atoms with E-state index in [1.54, 1.807) is 0 Å². The van der Waals surface area contributed by atoms with Gasteiger partial charge in [-0.05, 0) is 143 Å². The molecular formula is C74H47NO2. The fourth-order valence-electron chi connectivity index (χ4n) is 13.7. The molecule has 4 aliphatic rings. The number of fused-ring (bicyclic) bond motifs is 16. The number of hydrogen-bond acceptors (Lipinski definition) is 3. The summed E-state index contributed by atoms with van der Waals surface area (Å²) in [4.78, 5) is 2.36. The number of nitrogens with zero attached hydrogens (tertiary/aromatic N) is 1. The third kappa shape index (κ3) is 6.14. The van der Waals surface area contributed by atoms with Crippen LogP contribution in [0.15, 0.2) is 285 Å². The van der Waals surface area contributed by atoms with Crippen LogP contribution in [0.3, 0.4) is 0 Å². The Bertz CT molecular complexity index is 4250. The van der Waals surface area contributed by atoms with Crippen molar-refractivity contribution in [3.05, 3.63) is 330 Å². The van der Waals surface area contributed by atoms with E-state index in [0.717, 1.165) is 45.1 Å². The van der Waals surface area contributed by atoms with E-state index in [9.17, 15) is 0 Å². The maximum Gasteiger partial charge on any atom is 0.194 e. The molecule has 3 aliphatic carbocycles. The summed E-state index contributed by atoms with van der Waals surface area (Å²) in [7, 11) is 0. The monoisotopic (exact) mass is 981 g/mol. The zero-order chi connectivity index (χ0) is 50.7. The Morgan fingerprint density at radius 2 is 0.727 bits per heavy atom. The van der Waals surface area contributed by atoms with Crippen LogP contribution in [0.2, 0.25) is 0 Å². The first-order valence-electron chi connectivity index (χ1n) is 26.6. The molecule has 0 bridgehead atoms. The van der Waals surface area contributed by atoms with Gasteiger partial charge in [0.25, 0.3) is 0 Å². The van der Waals surface area contributed by atoms with Crippen molar-refractivity contribution in [1.82, 2.24) is 0 Å². The van der Waals surface area contributed by atoms with E-state index in [0.29, 0.717) is 17.2 Å². The van der Waals surface area contributed by atoms with Gasteiger partial charge in [0.1, 0.15) is 0 Å². The molecule has 0 aromatic heterocycles. The highest BCUT2D eigenvalue weighted by Gasteiger charge is 2.53. The van der Waals surface area contributed by atoms with Gasteiger partial charge >= 0.3 is 0 Å². The van der Waals surface area contributed by atoms with Gasteiger partial charge in [-0.3, -0.25) is 0 Å². The fourth-order valence-corrected chi connectivity index (χ4v) is 13.7. The van der Waals surface area contributed by atoms with Gasteiger partial charge in [0.2, 0.25) is 0 Å². The Kier molecular flexibility index (Phi) is 9.47. The summed E-state index contributed by atoms with van der Waals surface area (Å²) in [5.74, 6) is 2.72. The summed E-state index contributed by atoms with van der Waals surface area (Å²) in [5, 5.41) is 0. The summed E-state index contributed by atoms with van der Waals surface area (Å²) < 4.78 is 14.8. The van der Waals surface area contributed by atoms with Crippen molar-refractivity contribution in [3.63, 3.8) is 0 Å². The summed E-state index contributed by atoms with van der Waals surface area (Å²) in [5.41, 5.74) is 23.4. The minimum atomic E-state index is -0.658. The van der Waals surface area contributed by atoms with Crippen LogP contribution < -0.4 is 14.4 Å². The molecule has 0 saturated heterocycles. The third-order valence-corrected chi connectivity index (χ3v) is 16.8. The van der Waals surface area contributed by atoms with Crippen LogP contribution in [0.5, 0.6) is 23.0 Å². The van der Waals surface area contributed by atoms with Gasteiger partial charge in [-0.25, -0.2) is 0 Å². The molecule has 0 unspecified atom stereocenters. The molecular weight excluding hydrogens is 935 g/mol. The van der Waals surface area contributed by atoms with Gasteiger partial charge < -0.3 is 14.4 Å². The van der Waals surface area contributed by atoms with Gasteiger partial charge in [0, 0.05) is 16.9 Å². The van der Waals surface area contributed by atoms with Gasteiger partial charge in [-0.2, -0.15) is 0 Å². The fraction of sp³-hybridized carbons (Fsp3) is 0.0270. The molecule has 360 valence electrons. The largest absolute Gasteiger partial charge is 0.449 e. The number of para-hydroxylation sites is 1. The van der Waals surface area contributed by atoms with E-state index in [4.69, 9.17) is 9.47 Å². The molecule has 77 heavy (non-hydrogen) atoms. The lowest BCUT2D eigenvalue weighted by atomic mass is 9.67. The number of benzene rings is 12. The van der Waals surface area contributed by atoms with Crippen molar-refractivity contribution in [2.45, 2.75) is 10.8 Å². The maximum absolute atomic E-state index is 7.39. The predicted octanol–water partition coefficient (Wildman–Crippen LogP) is 19.1. The highest BCUT2D eigenvalue weighted by molar-refractivity contribution is 5.99. The Balaban J connectivity index is 0.905. The zero-order valence-electron chi connectivity index (χ0n) is 41.9. The number of anilines is 3.